The molecule has 12 heavy (non-hydrogen) atoms. The van der Waals surface area contributed by atoms with Gasteiger partial charge in [-0.3, -0.25) is 0 Å². The van der Waals surface area contributed by atoms with Crippen molar-refractivity contribution >= 4 is 17.4 Å². The fraction of sp³-hybridized carbons (Fsp3) is 0.333. The van der Waals surface area contributed by atoms with Crippen LogP contribution in [0.1, 0.15) is 12.5 Å². The van der Waals surface area contributed by atoms with Gasteiger partial charge in [0.1, 0.15) is 5.82 Å². The maximum atomic E-state index is 12.7. The first-order valence-electron chi connectivity index (χ1n) is 3.85. The van der Waals surface area contributed by atoms with Gasteiger partial charge in [0.25, 0.3) is 0 Å². The standard InChI is InChI=1S/C9H12FNS/c1-2-12-6-7-5-8(10)3-4-9(7)11/h3-5H,2,6,11H2,1H3. The Morgan fingerprint density at radius 3 is 2.92 bits per heavy atom. The summed E-state index contributed by atoms with van der Waals surface area (Å²) in [5, 5.41) is 0. The number of hydrogen-bond acceptors (Lipinski definition) is 2. The van der Waals surface area contributed by atoms with E-state index in [1.807, 2.05) is 0 Å². The second kappa shape index (κ2) is 4.36. The second-order valence-corrected chi connectivity index (χ2v) is 3.75. The molecule has 0 saturated carbocycles. The number of hydrogen-bond donors (Lipinski definition) is 1. The molecular weight excluding hydrogens is 173 g/mol. The molecule has 2 N–H and O–H groups in total. The molecule has 1 rings (SSSR count). The Balaban J connectivity index is 2.75. The van der Waals surface area contributed by atoms with E-state index in [-0.39, 0.29) is 5.82 Å². The number of thioether (sulfide) groups is 1. The van der Waals surface area contributed by atoms with E-state index in [1.54, 1.807) is 17.8 Å². The normalized spacial score (nSPS) is 10.2. The molecular formula is C9H12FNS. The van der Waals surface area contributed by atoms with E-state index in [9.17, 15) is 4.39 Å². The Morgan fingerprint density at radius 2 is 2.25 bits per heavy atom. The van der Waals surface area contributed by atoms with E-state index in [2.05, 4.69) is 6.92 Å². The van der Waals surface area contributed by atoms with E-state index in [1.165, 1.54) is 12.1 Å². The summed E-state index contributed by atoms with van der Waals surface area (Å²) in [6.45, 7) is 2.07. The molecule has 0 aliphatic heterocycles. The number of rotatable bonds is 3. The molecule has 3 heteroatoms. The predicted octanol–water partition coefficient (Wildman–Crippen LogP) is 2.66. The van der Waals surface area contributed by atoms with Gasteiger partial charge in [0.05, 0.1) is 0 Å². The van der Waals surface area contributed by atoms with E-state index >= 15 is 0 Å². The van der Waals surface area contributed by atoms with Crippen LogP contribution in [-0.4, -0.2) is 5.75 Å². The van der Waals surface area contributed by atoms with Crippen LogP contribution in [0.4, 0.5) is 10.1 Å². The van der Waals surface area contributed by atoms with Crippen LogP contribution in [0.25, 0.3) is 0 Å². The second-order valence-electron chi connectivity index (χ2n) is 2.48. The average Bonchev–Trinajstić information content (AvgIpc) is 2.07. The van der Waals surface area contributed by atoms with Gasteiger partial charge in [-0.2, -0.15) is 11.8 Å². The lowest BCUT2D eigenvalue weighted by molar-refractivity contribution is 0.627. The van der Waals surface area contributed by atoms with Gasteiger partial charge in [-0.15, -0.1) is 0 Å². The summed E-state index contributed by atoms with van der Waals surface area (Å²) in [5.41, 5.74) is 7.22. The van der Waals surface area contributed by atoms with Crippen molar-refractivity contribution in [3.05, 3.63) is 29.6 Å². The van der Waals surface area contributed by atoms with Crippen LogP contribution in [-0.2, 0) is 5.75 Å². The van der Waals surface area contributed by atoms with Gasteiger partial charge in [0.2, 0.25) is 0 Å². The lowest BCUT2D eigenvalue weighted by Gasteiger charge is -2.03. The molecule has 1 aromatic carbocycles. The number of benzene rings is 1. The van der Waals surface area contributed by atoms with Crippen molar-refractivity contribution in [2.75, 3.05) is 11.5 Å². The summed E-state index contributed by atoms with van der Waals surface area (Å²) in [7, 11) is 0. The Morgan fingerprint density at radius 1 is 1.50 bits per heavy atom. The first-order chi connectivity index (χ1) is 5.74. The Hall–Kier alpha value is -0.700. The molecule has 0 saturated heterocycles. The number of halogens is 1. The third-order valence-electron chi connectivity index (χ3n) is 1.57. The first kappa shape index (κ1) is 9.39. The minimum Gasteiger partial charge on any atom is -0.398 e. The monoisotopic (exact) mass is 185 g/mol. The third kappa shape index (κ3) is 2.41. The molecule has 1 nitrogen and oxygen atoms in total. The summed E-state index contributed by atoms with van der Waals surface area (Å²) in [4.78, 5) is 0. The van der Waals surface area contributed by atoms with Crippen molar-refractivity contribution in [3.63, 3.8) is 0 Å². The minimum atomic E-state index is -0.212. The molecule has 0 unspecified atom stereocenters. The number of nitrogen functional groups attached to an aromatic ring is 1. The molecule has 0 radical (unpaired) electrons. The summed E-state index contributed by atoms with van der Waals surface area (Å²) in [6, 6.07) is 4.49. The van der Waals surface area contributed by atoms with Gasteiger partial charge in [-0.25, -0.2) is 4.39 Å². The lowest BCUT2D eigenvalue weighted by atomic mass is 10.2. The lowest BCUT2D eigenvalue weighted by Crippen LogP contribution is -1.93. The van der Waals surface area contributed by atoms with Crippen LogP contribution in [0.5, 0.6) is 0 Å². The van der Waals surface area contributed by atoms with Crippen LogP contribution < -0.4 is 5.73 Å². The van der Waals surface area contributed by atoms with Crippen molar-refractivity contribution in [1.29, 1.82) is 0 Å². The molecule has 66 valence electrons. The first-order valence-corrected chi connectivity index (χ1v) is 5.01. The highest BCUT2D eigenvalue weighted by molar-refractivity contribution is 7.98. The van der Waals surface area contributed by atoms with Gasteiger partial charge in [0, 0.05) is 11.4 Å². The maximum absolute atomic E-state index is 12.7. The highest BCUT2D eigenvalue weighted by Gasteiger charge is 1.99. The molecule has 1 aromatic rings. The molecule has 0 aromatic heterocycles. The van der Waals surface area contributed by atoms with E-state index in [0.717, 1.165) is 17.1 Å². The molecule has 0 atom stereocenters. The quantitative estimate of drug-likeness (QED) is 0.733. The molecule has 0 spiro atoms. The summed E-state index contributed by atoms with van der Waals surface area (Å²) < 4.78 is 12.7. The van der Waals surface area contributed by atoms with Crippen LogP contribution >= 0.6 is 11.8 Å². The zero-order chi connectivity index (χ0) is 8.97. The third-order valence-corrected chi connectivity index (χ3v) is 2.49. The Labute approximate surface area is 76.2 Å². The van der Waals surface area contributed by atoms with E-state index in [0.29, 0.717) is 5.69 Å². The number of nitrogens with two attached hydrogens (primary N) is 1. The van der Waals surface area contributed by atoms with Crippen LogP contribution in [0.3, 0.4) is 0 Å². The maximum Gasteiger partial charge on any atom is 0.123 e. The summed E-state index contributed by atoms with van der Waals surface area (Å²) >= 11 is 1.74. The molecule has 0 fully saturated rings. The molecule has 0 aliphatic rings. The fourth-order valence-electron chi connectivity index (χ4n) is 0.911. The van der Waals surface area contributed by atoms with E-state index < -0.39 is 0 Å². The largest absolute Gasteiger partial charge is 0.398 e. The SMILES string of the molecule is CCSCc1cc(F)ccc1N. The van der Waals surface area contributed by atoms with Gasteiger partial charge in [0.15, 0.2) is 0 Å². The molecule has 0 bridgehead atoms. The predicted molar refractivity (Wildman–Crippen MR) is 52.6 cm³/mol. The zero-order valence-corrected chi connectivity index (χ0v) is 7.83. The molecule has 0 aliphatic carbocycles. The van der Waals surface area contributed by atoms with Crippen molar-refractivity contribution in [2.45, 2.75) is 12.7 Å². The molecule has 0 heterocycles. The van der Waals surface area contributed by atoms with Crippen LogP contribution in [0.15, 0.2) is 18.2 Å². The number of anilines is 1. The summed E-state index contributed by atoms with van der Waals surface area (Å²) in [5.74, 6) is 1.60. The molecule has 0 amide bonds. The van der Waals surface area contributed by atoms with Gasteiger partial charge in [-0.05, 0) is 29.5 Å². The summed E-state index contributed by atoms with van der Waals surface area (Å²) in [6.07, 6.45) is 0. The topological polar surface area (TPSA) is 26.0 Å². The van der Waals surface area contributed by atoms with Crippen molar-refractivity contribution in [3.8, 4) is 0 Å². The smallest absolute Gasteiger partial charge is 0.123 e. The van der Waals surface area contributed by atoms with Crippen molar-refractivity contribution in [1.82, 2.24) is 0 Å². The van der Waals surface area contributed by atoms with Crippen molar-refractivity contribution < 1.29 is 4.39 Å². The van der Waals surface area contributed by atoms with Crippen LogP contribution in [0, 0.1) is 5.82 Å². The fourth-order valence-corrected chi connectivity index (χ4v) is 1.59. The minimum absolute atomic E-state index is 0.212. The Bertz CT molecular complexity index is 263. The van der Waals surface area contributed by atoms with Gasteiger partial charge >= 0.3 is 0 Å². The highest BCUT2D eigenvalue weighted by atomic mass is 32.2. The van der Waals surface area contributed by atoms with Crippen LogP contribution in [0.2, 0.25) is 0 Å². The highest BCUT2D eigenvalue weighted by Crippen LogP contribution is 2.19. The zero-order valence-electron chi connectivity index (χ0n) is 7.01. The van der Waals surface area contributed by atoms with Gasteiger partial charge in [-0.1, -0.05) is 6.92 Å². The average molecular weight is 185 g/mol. The Kier molecular flexibility index (Phi) is 3.41. The van der Waals surface area contributed by atoms with Crippen molar-refractivity contribution in [2.24, 2.45) is 0 Å². The van der Waals surface area contributed by atoms with E-state index in [4.69, 9.17) is 5.73 Å². The van der Waals surface area contributed by atoms with Gasteiger partial charge < -0.3 is 5.73 Å².